The number of aromatic nitrogens is 2. The van der Waals surface area contributed by atoms with Crippen LogP contribution in [-0.4, -0.2) is 28.5 Å². The van der Waals surface area contributed by atoms with Crippen molar-refractivity contribution < 1.29 is 9.53 Å². The Labute approximate surface area is 195 Å². The van der Waals surface area contributed by atoms with E-state index >= 15 is 0 Å². The van der Waals surface area contributed by atoms with Crippen LogP contribution in [0.15, 0.2) is 53.3 Å². The van der Waals surface area contributed by atoms with E-state index < -0.39 is 0 Å². The molecule has 3 rings (SSSR count). The molecule has 33 heavy (non-hydrogen) atoms. The standard InChI is InChI=1S/C27H33N3O3/c1-5-15-33-24-14-13-20(26(31)28-18(4)16-19-11-9-8-10-12-19)17-22(24)25-29-23(7-3)21(6-2)27(32)30-25/h8-14,17-18H,5-7,15-16H2,1-4H3,(H,28,31)(H,29,30,32). The Kier molecular flexibility index (Phi) is 8.41. The van der Waals surface area contributed by atoms with E-state index in [0.29, 0.717) is 47.7 Å². The SMILES string of the molecule is CCCOc1ccc(C(=O)NC(C)Cc2ccccc2)cc1-c1nc(CC)c(CC)c(=O)[nH]1. The van der Waals surface area contributed by atoms with Gasteiger partial charge in [0, 0.05) is 17.2 Å². The summed E-state index contributed by atoms with van der Waals surface area (Å²) in [5.74, 6) is 0.845. The number of nitrogens with zero attached hydrogens (tertiary/aromatic N) is 1. The second-order valence-electron chi connectivity index (χ2n) is 8.17. The summed E-state index contributed by atoms with van der Waals surface area (Å²) in [6.45, 7) is 8.48. The summed E-state index contributed by atoms with van der Waals surface area (Å²) in [6.07, 6.45) is 2.86. The van der Waals surface area contributed by atoms with Gasteiger partial charge >= 0.3 is 0 Å². The maximum absolute atomic E-state index is 13.0. The van der Waals surface area contributed by atoms with Gasteiger partial charge in [0.05, 0.1) is 17.9 Å². The quantitative estimate of drug-likeness (QED) is 0.471. The van der Waals surface area contributed by atoms with Gasteiger partial charge in [0.2, 0.25) is 0 Å². The third-order valence-corrected chi connectivity index (χ3v) is 5.51. The number of H-pyrrole nitrogens is 1. The zero-order valence-corrected chi connectivity index (χ0v) is 19.9. The Morgan fingerprint density at radius 1 is 1.09 bits per heavy atom. The molecule has 3 aromatic rings. The van der Waals surface area contributed by atoms with Gasteiger partial charge in [-0.05, 0) is 56.4 Å². The number of aryl methyl sites for hydroxylation is 1. The third-order valence-electron chi connectivity index (χ3n) is 5.51. The zero-order chi connectivity index (χ0) is 23.8. The first kappa shape index (κ1) is 24.2. The van der Waals surface area contributed by atoms with E-state index in [9.17, 15) is 9.59 Å². The van der Waals surface area contributed by atoms with Crippen LogP contribution in [0.1, 0.15) is 61.3 Å². The second kappa shape index (κ2) is 11.5. The topological polar surface area (TPSA) is 84.1 Å². The molecule has 6 nitrogen and oxygen atoms in total. The van der Waals surface area contributed by atoms with Crippen molar-refractivity contribution in [2.24, 2.45) is 0 Å². The molecule has 0 bridgehead atoms. The van der Waals surface area contributed by atoms with Gasteiger partial charge in [0.1, 0.15) is 11.6 Å². The zero-order valence-electron chi connectivity index (χ0n) is 19.9. The lowest BCUT2D eigenvalue weighted by atomic mass is 10.0. The molecule has 0 aliphatic carbocycles. The smallest absolute Gasteiger partial charge is 0.254 e. The summed E-state index contributed by atoms with van der Waals surface area (Å²) in [4.78, 5) is 33.3. The number of rotatable bonds is 10. The first-order chi connectivity index (χ1) is 16.0. The second-order valence-corrected chi connectivity index (χ2v) is 8.17. The molecule has 2 aromatic carbocycles. The lowest BCUT2D eigenvalue weighted by Gasteiger charge is -2.16. The molecule has 174 valence electrons. The predicted octanol–water partition coefficient (Wildman–Crippen LogP) is 4.71. The molecule has 1 aromatic heterocycles. The van der Waals surface area contributed by atoms with Gasteiger partial charge in [-0.2, -0.15) is 0 Å². The lowest BCUT2D eigenvalue weighted by molar-refractivity contribution is 0.0940. The van der Waals surface area contributed by atoms with E-state index in [1.54, 1.807) is 18.2 Å². The highest BCUT2D eigenvalue weighted by Gasteiger charge is 2.18. The van der Waals surface area contributed by atoms with Gasteiger partial charge < -0.3 is 15.0 Å². The molecule has 1 atom stereocenters. The first-order valence-electron chi connectivity index (χ1n) is 11.7. The Morgan fingerprint density at radius 2 is 1.85 bits per heavy atom. The van der Waals surface area contributed by atoms with Crippen LogP contribution in [-0.2, 0) is 19.3 Å². The van der Waals surface area contributed by atoms with Crippen LogP contribution in [0.2, 0.25) is 0 Å². The maximum Gasteiger partial charge on any atom is 0.254 e. The number of carbonyl (C=O) groups is 1. The number of hydrogen-bond donors (Lipinski definition) is 2. The average molecular weight is 448 g/mol. The Bertz CT molecular complexity index is 1140. The molecule has 0 aliphatic rings. The van der Waals surface area contributed by atoms with Crippen LogP contribution >= 0.6 is 0 Å². The van der Waals surface area contributed by atoms with Crippen molar-refractivity contribution in [3.05, 3.63) is 81.3 Å². The molecule has 0 saturated carbocycles. The van der Waals surface area contributed by atoms with E-state index in [4.69, 9.17) is 9.72 Å². The highest BCUT2D eigenvalue weighted by atomic mass is 16.5. The Hall–Kier alpha value is -3.41. The van der Waals surface area contributed by atoms with Crippen LogP contribution in [0.25, 0.3) is 11.4 Å². The van der Waals surface area contributed by atoms with E-state index in [-0.39, 0.29) is 17.5 Å². The fourth-order valence-corrected chi connectivity index (χ4v) is 3.85. The summed E-state index contributed by atoms with van der Waals surface area (Å²) in [7, 11) is 0. The van der Waals surface area contributed by atoms with Crippen molar-refractivity contribution in [3.63, 3.8) is 0 Å². The average Bonchev–Trinajstić information content (AvgIpc) is 2.82. The van der Waals surface area contributed by atoms with Gasteiger partial charge in [-0.1, -0.05) is 51.1 Å². The number of carbonyl (C=O) groups excluding carboxylic acids is 1. The van der Waals surface area contributed by atoms with Crippen molar-refractivity contribution in [1.29, 1.82) is 0 Å². The van der Waals surface area contributed by atoms with Gasteiger partial charge in [-0.3, -0.25) is 9.59 Å². The third kappa shape index (κ3) is 6.09. The van der Waals surface area contributed by atoms with E-state index in [0.717, 1.165) is 18.5 Å². The van der Waals surface area contributed by atoms with Crippen molar-refractivity contribution in [1.82, 2.24) is 15.3 Å². The van der Waals surface area contributed by atoms with Crippen LogP contribution < -0.4 is 15.6 Å². The molecular weight excluding hydrogens is 414 g/mol. The Balaban J connectivity index is 1.92. The summed E-state index contributed by atoms with van der Waals surface area (Å²) >= 11 is 0. The summed E-state index contributed by atoms with van der Waals surface area (Å²) < 4.78 is 5.91. The number of nitrogens with one attached hydrogen (secondary N) is 2. The van der Waals surface area contributed by atoms with Crippen LogP contribution in [0, 0.1) is 0 Å². The number of ether oxygens (including phenoxy) is 1. The van der Waals surface area contributed by atoms with Gasteiger partial charge in [-0.25, -0.2) is 4.98 Å². The van der Waals surface area contributed by atoms with E-state index in [1.807, 2.05) is 58.0 Å². The number of amides is 1. The predicted molar refractivity (Wildman–Crippen MR) is 132 cm³/mol. The highest BCUT2D eigenvalue weighted by Crippen LogP contribution is 2.29. The molecule has 1 unspecified atom stereocenters. The number of aromatic amines is 1. The first-order valence-corrected chi connectivity index (χ1v) is 11.7. The molecule has 0 saturated heterocycles. The summed E-state index contributed by atoms with van der Waals surface area (Å²) in [5, 5.41) is 3.07. The molecule has 1 amide bonds. The number of benzene rings is 2. The molecule has 0 radical (unpaired) electrons. The molecule has 0 fully saturated rings. The summed E-state index contributed by atoms with van der Waals surface area (Å²) in [5.41, 5.74) is 3.59. The monoisotopic (exact) mass is 447 g/mol. The summed E-state index contributed by atoms with van der Waals surface area (Å²) in [6, 6.07) is 15.3. The van der Waals surface area contributed by atoms with Crippen molar-refractivity contribution in [3.8, 4) is 17.1 Å². The number of hydrogen-bond acceptors (Lipinski definition) is 4. The van der Waals surface area contributed by atoms with Crippen molar-refractivity contribution in [2.45, 2.75) is 59.4 Å². The van der Waals surface area contributed by atoms with Gasteiger partial charge in [0.15, 0.2) is 0 Å². The van der Waals surface area contributed by atoms with Crippen molar-refractivity contribution >= 4 is 5.91 Å². The molecule has 0 spiro atoms. The van der Waals surface area contributed by atoms with Crippen LogP contribution in [0.4, 0.5) is 0 Å². The van der Waals surface area contributed by atoms with E-state index in [2.05, 4.69) is 10.3 Å². The fourth-order valence-electron chi connectivity index (χ4n) is 3.85. The minimum absolute atomic E-state index is 0.0344. The molecule has 0 aliphatic heterocycles. The fraction of sp³-hybridized carbons (Fsp3) is 0.370. The molecule has 2 N–H and O–H groups in total. The largest absolute Gasteiger partial charge is 0.493 e. The maximum atomic E-state index is 13.0. The van der Waals surface area contributed by atoms with Crippen molar-refractivity contribution in [2.75, 3.05) is 6.61 Å². The lowest BCUT2D eigenvalue weighted by Crippen LogP contribution is -2.34. The molecule has 1 heterocycles. The molecular formula is C27H33N3O3. The van der Waals surface area contributed by atoms with Gasteiger partial charge in [-0.15, -0.1) is 0 Å². The Morgan fingerprint density at radius 3 is 2.52 bits per heavy atom. The van der Waals surface area contributed by atoms with E-state index in [1.165, 1.54) is 5.56 Å². The highest BCUT2D eigenvalue weighted by molar-refractivity contribution is 5.96. The minimum Gasteiger partial charge on any atom is -0.493 e. The molecule has 6 heteroatoms. The van der Waals surface area contributed by atoms with Gasteiger partial charge in [0.25, 0.3) is 11.5 Å². The van der Waals surface area contributed by atoms with Crippen LogP contribution in [0.3, 0.4) is 0 Å². The minimum atomic E-state index is -0.176. The van der Waals surface area contributed by atoms with Crippen LogP contribution in [0.5, 0.6) is 5.75 Å². The normalized spacial score (nSPS) is 11.8.